The summed E-state index contributed by atoms with van der Waals surface area (Å²) in [4.78, 5) is 0.00300. The number of rotatable bonds is 2. The maximum absolute atomic E-state index is 14.2. The molecule has 1 aromatic heterocycles. The maximum atomic E-state index is 14.2. The number of thiocarbonyl (C=S) groups is 1. The second kappa shape index (κ2) is 5.31. The van der Waals surface area contributed by atoms with Crippen LogP contribution in [0.15, 0.2) is 46.9 Å². The minimum atomic E-state index is -0.611. The van der Waals surface area contributed by atoms with Gasteiger partial charge in [-0.15, -0.1) is 0 Å². The van der Waals surface area contributed by atoms with Crippen LogP contribution >= 0.6 is 12.2 Å². The van der Waals surface area contributed by atoms with Gasteiger partial charge in [-0.2, -0.15) is 0 Å². The molecule has 0 aliphatic heterocycles. The Morgan fingerprint density at radius 1 is 1.05 bits per heavy atom. The van der Waals surface area contributed by atoms with E-state index in [0.29, 0.717) is 16.5 Å². The summed E-state index contributed by atoms with van der Waals surface area (Å²) in [5.74, 6) is -0.977. The lowest BCUT2D eigenvalue weighted by atomic mass is 10.0. The quantitative estimate of drug-likeness (QED) is 0.711. The maximum Gasteiger partial charge on any atom is 0.222 e. The van der Waals surface area contributed by atoms with E-state index in [0.717, 1.165) is 0 Å². The van der Waals surface area contributed by atoms with E-state index in [4.69, 9.17) is 27.8 Å². The Morgan fingerprint density at radius 2 is 1.73 bits per heavy atom. The second-order valence-electron chi connectivity index (χ2n) is 4.74. The minimum absolute atomic E-state index is 0.00300. The predicted octanol–water partition coefficient (Wildman–Crippen LogP) is 3.49. The van der Waals surface area contributed by atoms with Gasteiger partial charge in [0.05, 0.1) is 5.56 Å². The second-order valence-corrected chi connectivity index (χ2v) is 5.18. The van der Waals surface area contributed by atoms with Gasteiger partial charge in [-0.3, -0.25) is 5.41 Å². The molecule has 0 amide bonds. The van der Waals surface area contributed by atoms with E-state index in [-0.39, 0.29) is 27.5 Å². The third kappa shape index (κ3) is 2.48. The number of benzene rings is 2. The zero-order chi connectivity index (χ0) is 15.9. The SMILES string of the molecule is N=c1oc2c(F)cc(-c3ccc(F)cc3)cc2cc1C(N)=S. The van der Waals surface area contributed by atoms with Crippen LogP contribution in [-0.4, -0.2) is 4.99 Å². The van der Waals surface area contributed by atoms with Crippen LogP contribution in [0.3, 0.4) is 0 Å². The highest BCUT2D eigenvalue weighted by Gasteiger charge is 2.11. The van der Waals surface area contributed by atoms with Gasteiger partial charge in [-0.25, -0.2) is 8.78 Å². The molecule has 0 fully saturated rings. The Morgan fingerprint density at radius 3 is 2.36 bits per heavy atom. The van der Waals surface area contributed by atoms with Crippen molar-refractivity contribution in [1.82, 2.24) is 0 Å². The molecule has 6 heteroatoms. The molecule has 110 valence electrons. The van der Waals surface area contributed by atoms with Crippen LogP contribution in [0, 0.1) is 17.0 Å². The predicted molar refractivity (Wildman–Crippen MR) is 83.3 cm³/mol. The molecule has 3 rings (SSSR count). The van der Waals surface area contributed by atoms with Crippen LogP contribution in [0.1, 0.15) is 5.56 Å². The number of halogens is 2. The van der Waals surface area contributed by atoms with Crippen molar-refractivity contribution >= 4 is 28.2 Å². The van der Waals surface area contributed by atoms with Crippen LogP contribution in [0.4, 0.5) is 8.78 Å². The standard InChI is InChI=1S/C16H10F2N2OS/c17-11-3-1-8(2-4-11)9-5-10-6-12(16(20)22)15(19)21-14(10)13(18)7-9/h1-7,19H,(H2,20,22). The third-order valence-corrected chi connectivity index (χ3v) is 3.48. The highest BCUT2D eigenvalue weighted by molar-refractivity contribution is 7.80. The van der Waals surface area contributed by atoms with Gasteiger partial charge in [0.2, 0.25) is 5.55 Å². The van der Waals surface area contributed by atoms with E-state index in [9.17, 15) is 8.78 Å². The first-order valence-corrected chi connectivity index (χ1v) is 6.74. The van der Waals surface area contributed by atoms with Crippen molar-refractivity contribution in [3.63, 3.8) is 0 Å². The molecule has 0 saturated carbocycles. The van der Waals surface area contributed by atoms with Crippen LogP contribution in [0.25, 0.3) is 22.1 Å². The first kappa shape index (κ1) is 14.3. The Labute approximate surface area is 129 Å². The molecule has 0 radical (unpaired) electrons. The molecule has 0 atom stereocenters. The molecule has 0 aliphatic rings. The molecule has 0 aliphatic carbocycles. The summed E-state index contributed by atoms with van der Waals surface area (Å²) in [5, 5.41) is 8.11. The molecule has 0 spiro atoms. The number of nitrogens with one attached hydrogen (secondary N) is 1. The Bertz CT molecular complexity index is 949. The van der Waals surface area contributed by atoms with Crippen molar-refractivity contribution in [3.05, 3.63) is 65.2 Å². The van der Waals surface area contributed by atoms with Crippen molar-refractivity contribution in [3.8, 4) is 11.1 Å². The van der Waals surface area contributed by atoms with Crippen LogP contribution < -0.4 is 11.3 Å². The fourth-order valence-electron chi connectivity index (χ4n) is 2.20. The monoisotopic (exact) mass is 316 g/mol. The molecule has 3 nitrogen and oxygen atoms in total. The zero-order valence-electron chi connectivity index (χ0n) is 11.2. The van der Waals surface area contributed by atoms with Gasteiger partial charge in [-0.1, -0.05) is 24.4 Å². The average molecular weight is 316 g/mol. The van der Waals surface area contributed by atoms with E-state index in [2.05, 4.69) is 0 Å². The summed E-state index contributed by atoms with van der Waals surface area (Å²) in [6, 6.07) is 10.2. The van der Waals surface area contributed by atoms with Crippen LogP contribution in [0.5, 0.6) is 0 Å². The van der Waals surface area contributed by atoms with Gasteiger partial charge in [0.15, 0.2) is 11.4 Å². The number of fused-ring (bicyclic) bond motifs is 1. The lowest BCUT2D eigenvalue weighted by Gasteiger charge is -2.07. The Hall–Kier alpha value is -2.60. The number of hydrogen-bond donors (Lipinski definition) is 2. The average Bonchev–Trinajstić information content (AvgIpc) is 2.48. The van der Waals surface area contributed by atoms with Crippen molar-refractivity contribution in [2.24, 2.45) is 5.73 Å². The summed E-state index contributed by atoms with van der Waals surface area (Å²) in [6.45, 7) is 0. The number of nitrogens with two attached hydrogens (primary N) is 1. The van der Waals surface area contributed by atoms with Gasteiger partial charge in [0.25, 0.3) is 0 Å². The van der Waals surface area contributed by atoms with Crippen molar-refractivity contribution in [2.45, 2.75) is 0 Å². The Kier molecular flexibility index (Phi) is 3.46. The minimum Gasteiger partial charge on any atom is -0.435 e. The number of hydrogen-bond acceptors (Lipinski definition) is 3. The molecule has 22 heavy (non-hydrogen) atoms. The van der Waals surface area contributed by atoms with Crippen molar-refractivity contribution in [1.29, 1.82) is 5.41 Å². The summed E-state index contributed by atoms with van der Waals surface area (Å²) in [7, 11) is 0. The first-order valence-electron chi connectivity index (χ1n) is 6.33. The van der Waals surface area contributed by atoms with Gasteiger partial charge < -0.3 is 10.2 Å². The molecule has 2 aromatic carbocycles. The molecule has 0 saturated heterocycles. The summed E-state index contributed by atoms with van der Waals surface area (Å²) < 4.78 is 32.4. The van der Waals surface area contributed by atoms with Gasteiger partial charge in [0.1, 0.15) is 10.8 Å². The summed E-state index contributed by atoms with van der Waals surface area (Å²) >= 11 is 4.85. The van der Waals surface area contributed by atoms with Crippen LogP contribution in [0.2, 0.25) is 0 Å². The smallest absolute Gasteiger partial charge is 0.222 e. The summed E-state index contributed by atoms with van der Waals surface area (Å²) in [5.41, 5.74) is 6.65. The summed E-state index contributed by atoms with van der Waals surface area (Å²) in [6.07, 6.45) is 0. The lowest BCUT2D eigenvalue weighted by molar-refractivity contribution is 0.503. The normalized spacial score (nSPS) is 10.8. The molecule has 0 unspecified atom stereocenters. The Balaban J connectivity index is 2.26. The molecular formula is C16H10F2N2OS. The van der Waals surface area contributed by atoms with E-state index in [1.54, 1.807) is 18.2 Å². The van der Waals surface area contributed by atoms with Gasteiger partial charge in [0, 0.05) is 5.39 Å². The van der Waals surface area contributed by atoms with Crippen molar-refractivity contribution < 1.29 is 13.2 Å². The van der Waals surface area contributed by atoms with E-state index in [1.807, 2.05) is 0 Å². The van der Waals surface area contributed by atoms with E-state index in [1.165, 1.54) is 24.3 Å². The van der Waals surface area contributed by atoms with Gasteiger partial charge in [-0.05, 0) is 41.5 Å². The first-order chi connectivity index (χ1) is 10.5. The molecule has 3 aromatic rings. The fourth-order valence-corrected chi connectivity index (χ4v) is 2.35. The largest absolute Gasteiger partial charge is 0.435 e. The molecule has 0 bridgehead atoms. The zero-order valence-corrected chi connectivity index (χ0v) is 12.0. The third-order valence-electron chi connectivity index (χ3n) is 3.26. The highest BCUT2D eigenvalue weighted by atomic mass is 32.1. The molecule has 3 N–H and O–H groups in total. The molecular weight excluding hydrogens is 306 g/mol. The van der Waals surface area contributed by atoms with E-state index < -0.39 is 5.82 Å². The molecule has 1 heterocycles. The topological polar surface area (TPSA) is 63.0 Å². The fraction of sp³-hybridized carbons (Fsp3) is 0. The van der Waals surface area contributed by atoms with Gasteiger partial charge >= 0.3 is 0 Å². The highest BCUT2D eigenvalue weighted by Crippen LogP contribution is 2.27. The lowest BCUT2D eigenvalue weighted by Crippen LogP contribution is -2.19. The van der Waals surface area contributed by atoms with Crippen LogP contribution in [-0.2, 0) is 0 Å². The van der Waals surface area contributed by atoms with E-state index >= 15 is 0 Å². The van der Waals surface area contributed by atoms with Crippen molar-refractivity contribution in [2.75, 3.05) is 0 Å².